The molecule has 0 aromatic carbocycles. The first-order valence-corrected chi connectivity index (χ1v) is 3.85. The lowest BCUT2D eigenvalue weighted by Crippen LogP contribution is -2.02. The van der Waals surface area contributed by atoms with Gasteiger partial charge in [-0.3, -0.25) is 0 Å². The number of aliphatic hydroxyl groups is 1. The molecule has 0 spiro atoms. The standard InChI is InChI=1S/C7H13N3O/c1-3-7-6(5-11)8-9-10(7)4-2/h11H,3-5H2,1-2H3. The Morgan fingerprint density at radius 1 is 1.45 bits per heavy atom. The Labute approximate surface area is 65.8 Å². The maximum Gasteiger partial charge on any atom is 0.111 e. The lowest BCUT2D eigenvalue weighted by Gasteiger charge is -1.99. The summed E-state index contributed by atoms with van der Waals surface area (Å²) in [7, 11) is 0. The van der Waals surface area contributed by atoms with Crippen molar-refractivity contribution in [2.45, 2.75) is 33.4 Å². The zero-order chi connectivity index (χ0) is 8.27. The molecule has 0 saturated heterocycles. The fourth-order valence-corrected chi connectivity index (χ4v) is 1.13. The summed E-state index contributed by atoms with van der Waals surface area (Å²) < 4.78 is 1.81. The molecule has 0 aliphatic rings. The minimum atomic E-state index is -0.0107. The van der Waals surface area contributed by atoms with Crippen LogP contribution in [0.25, 0.3) is 0 Å². The molecule has 62 valence electrons. The number of aromatic nitrogens is 3. The molecule has 1 N–H and O–H groups in total. The van der Waals surface area contributed by atoms with Crippen LogP contribution in [-0.4, -0.2) is 20.1 Å². The van der Waals surface area contributed by atoms with E-state index in [0.29, 0.717) is 5.69 Å². The Morgan fingerprint density at radius 3 is 2.64 bits per heavy atom. The van der Waals surface area contributed by atoms with E-state index in [2.05, 4.69) is 10.3 Å². The fraction of sp³-hybridized carbons (Fsp3) is 0.714. The molecule has 0 aliphatic heterocycles. The van der Waals surface area contributed by atoms with Crippen LogP contribution >= 0.6 is 0 Å². The summed E-state index contributed by atoms with van der Waals surface area (Å²) in [4.78, 5) is 0. The second kappa shape index (κ2) is 3.48. The highest BCUT2D eigenvalue weighted by Crippen LogP contribution is 2.05. The lowest BCUT2D eigenvalue weighted by molar-refractivity contribution is 0.275. The van der Waals surface area contributed by atoms with Gasteiger partial charge in [-0.05, 0) is 13.3 Å². The highest BCUT2D eigenvalue weighted by atomic mass is 16.3. The van der Waals surface area contributed by atoms with Crippen LogP contribution in [0.2, 0.25) is 0 Å². The van der Waals surface area contributed by atoms with Gasteiger partial charge in [0.25, 0.3) is 0 Å². The fourth-order valence-electron chi connectivity index (χ4n) is 1.13. The maximum absolute atomic E-state index is 8.84. The van der Waals surface area contributed by atoms with Gasteiger partial charge in [-0.2, -0.15) is 0 Å². The van der Waals surface area contributed by atoms with Crippen LogP contribution in [-0.2, 0) is 19.6 Å². The monoisotopic (exact) mass is 155 g/mol. The molecule has 0 fully saturated rings. The summed E-state index contributed by atoms with van der Waals surface area (Å²) in [6, 6.07) is 0. The summed E-state index contributed by atoms with van der Waals surface area (Å²) in [5.74, 6) is 0. The molecule has 0 unspecified atom stereocenters. The van der Waals surface area contributed by atoms with Crippen molar-refractivity contribution in [2.75, 3.05) is 0 Å². The highest BCUT2D eigenvalue weighted by Gasteiger charge is 2.07. The van der Waals surface area contributed by atoms with Crippen molar-refractivity contribution < 1.29 is 5.11 Å². The van der Waals surface area contributed by atoms with Gasteiger partial charge >= 0.3 is 0 Å². The van der Waals surface area contributed by atoms with E-state index in [1.807, 2.05) is 18.5 Å². The van der Waals surface area contributed by atoms with Gasteiger partial charge in [-0.1, -0.05) is 12.1 Å². The van der Waals surface area contributed by atoms with Gasteiger partial charge < -0.3 is 5.11 Å². The van der Waals surface area contributed by atoms with Crippen LogP contribution in [0.15, 0.2) is 0 Å². The van der Waals surface area contributed by atoms with Gasteiger partial charge in [-0.15, -0.1) is 5.10 Å². The molecule has 1 rings (SSSR count). The predicted octanol–water partition coefficient (Wildman–Crippen LogP) is 0.353. The number of hydrogen-bond acceptors (Lipinski definition) is 3. The van der Waals surface area contributed by atoms with Crippen molar-refractivity contribution in [3.8, 4) is 0 Å². The Hall–Kier alpha value is -0.900. The Morgan fingerprint density at radius 2 is 2.18 bits per heavy atom. The third-order valence-corrected chi connectivity index (χ3v) is 1.70. The second-order valence-electron chi connectivity index (χ2n) is 2.31. The number of hydrogen-bond donors (Lipinski definition) is 1. The van der Waals surface area contributed by atoms with Gasteiger partial charge in [0, 0.05) is 6.54 Å². The Bertz CT molecular complexity index is 210. The molecular formula is C7H13N3O. The number of aliphatic hydroxyl groups excluding tert-OH is 1. The molecule has 1 aromatic heterocycles. The molecule has 4 heteroatoms. The molecule has 0 aliphatic carbocycles. The van der Waals surface area contributed by atoms with Crippen molar-refractivity contribution in [2.24, 2.45) is 0 Å². The van der Waals surface area contributed by atoms with Crippen molar-refractivity contribution in [1.82, 2.24) is 15.0 Å². The van der Waals surface area contributed by atoms with Crippen LogP contribution in [0.1, 0.15) is 25.2 Å². The summed E-state index contributed by atoms with van der Waals surface area (Å²) in [5.41, 5.74) is 1.74. The van der Waals surface area contributed by atoms with Gasteiger partial charge in [0.1, 0.15) is 5.69 Å². The van der Waals surface area contributed by atoms with Crippen molar-refractivity contribution in [3.63, 3.8) is 0 Å². The van der Waals surface area contributed by atoms with Crippen LogP contribution in [0.3, 0.4) is 0 Å². The summed E-state index contributed by atoms with van der Waals surface area (Å²) in [5, 5.41) is 16.6. The van der Waals surface area contributed by atoms with Gasteiger partial charge in [0.2, 0.25) is 0 Å². The van der Waals surface area contributed by atoms with Crippen LogP contribution in [0.5, 0.6) is 0 Å². The van der Waals surface area contributed by atoms with E-state index in [9.17, 15) is 0 Å². The minimum absolute atomic E-state index is 0.0107. The molecule has 0 bridgehead atoms. The van der Waals surface area contributed by atoms with Gasteiger partial charge in [0.15, 0.2) is 0 Å². The van der Waals surface area contributed by atoms with Crippen LogP contribution in [0.4, 0.5) is 0 Å². The first-order chi connectivity index (χ1) is 5.33. The summed E-state index contributed by atoms with van der Waals surface area (Å²) in [6.45, 7) is 4.85. The molecule has 0 atom stereocenters. The van der Waals surface area contributed by atoms with Crippen molar-refractivity contribution in [1.29, 1.82) is 0 Å². The largest absolute Gasteiger partial charge is 0.390 e. The predicted molar refractivity (Wildman–Crippen MR) is 41.0 cm³/mol. The quantitative estimate of drug-likeness (QED) is 0.685. The van der Waals surface area contributed by atoms with E-state index in [-0.39, 0.29) is 6.61 Å². The second-order valence-corrected chi connectivity index (χ2v) is 2.31. The molecule has 11 heavy (non-hydrogen) atoms. The number of nitrogens with zero attached hydrogens (tertiary/aromatic N) is 3. The van der Waals surface area contributed by atoms with E-state index in [1.54, 1.807) is 0 Å². The lowest BCUT2D eigenvalue weighted by atomic mass is 10.2. The molecule has 0 radical (unpaired) electrons. The molecule has 0 amide bonds. The Balaban J connectivity index is 2.99. The normalized spacial score (nSPS) is 10.5. The minimum Gasteiger partial charge on any atom is -0.390 e. The summed E-state index contributed by atoms with van der Waals surface area (Å²) >= 11 is 0. The van der Waals surface area contributed by atoms with Crippen molar-refractivity contribution >= 4 is 0 Å². The first-order valence-electron chi connectivity index (χ1n) is 3.85. The Kier molecular flexibility index (Phi) is 2.59. The van der Waals surface area contributed by atoms with Crippen LogP contribution in [0, 0.1) is 0 Å². The topological polar surface area (TPSA) is 50.9 Å². The smallest absolute Gasteiger partial charge is 0.111 e. The SMILES string of the molecule is CCc1c(CO)nnn1CC. The third kappa shape index (κ3) is 1.40. The third-order valence-electron chi connectivity index (χ3n) is 1.70. The average molecular weight is 155 g/mol. The number of rotatable bonds is 3. The highest BCUT2D eigenvalue weighted by molar-refractivity contribution is 5.08. The zero-order valence-electron chi connectivity index (χ0n) is 6.91. The van der Waals surface area contributed by atoms with E-state index in [4.69, 9.17) is 5.11 Å². The van der Waals surface area contributed by atoms with Crippen molar-refractivity contribution in [3.05, 3.63) is 11.4 Å². The van der Waals surface area contributed by atoms with E-state index < -0.39 is 0 Å². The van der Waals surface area contributed by atoms with Crippen LogP contribution < -0.4 is 0 Å². The average Bonchev–Trinajstić information content (AvgIpc) is 2.45. The molecule has 0 saturated carbocycles. The van der Waals surface area contributed by atoms with E-state index in [0.717, 1.165) is 18.7 Å². The maximum atomic E-state index is 8.84. The summed E-state index contributed by atoms with van der Waals surface area (Å²) in [6.07, 6.45) is 0.872. The zero-order valence-corrected chi connectivity index (χ0v) is 6.91. The molecular weight excluding hydrogens is 142 g/mol. The van der Waals surface area contributed by atoms with Gasteiger partial charge in [-0.25, -0.2) is 4.68 Å². The first kappa shape index (κ1) is 8.20. The molecule has 1 aromatic rings. The number of aryl methyl sites for hydroxylation is 1. The van der Waals surface area contributed by atoms with E-state index in [1.165, 1.54) is 0 Å². The van der Waals surface area contributed by atoms with Gasteiger partial charge in [0.05, 0.1) is 12.3 Å². The molecule has 1 heterocycles. The molecule has 4 nitrogen and oxygen atoms in total. The van der Waals surface area contributed by atoms with E-state index >= 15 is 0 Å².